The van der Waals surface area contributed by atoms with Crippen molar-refractivity contribution in [2.75, 3.05) is 5.73 Å². The lowest BCUT2D eigenvalue weighted by Crippen LogP contribution is -1.94. The maximum Gasteiger partial charge on any atom is 0.153 e. The maximum absolute atomic E-state index is 6.81. The summed E-state index contributed by atoms with van der Waals surface area (Å²) in [5.41, 5.74) is 28.5. The first kappa shape index (κ1) is 40.8. The molecule has 0 radical (unpaired) electrons. The van der Waals surface area contributed by atoms with Crippen LogP contribution in [0.2, 0.25) is 0 Å². The number of allylic oxidation sites excluding steroid dienone is 5. The van der Waals surface area contributed by atoms with Gasteiger partial charge in [-0.3, -0.25) is 4.98 Å². The van der Waals surface area contributed by atoms with Crippen LogP contribution < -0.4 is 5.73 Å². The molecule has 2 N–H and O–H groups in total. The summed E-state index contributed by atoms with van der Waals surface area (Å²) in [6.07, 6.45) is 17.7. The zero-order valence-corrected chi connectivity index (χ0v) is 37.4. The number of rotatable bonds is 11. The van der Waals surface area contributed by atoms with Crippen LogP contribution in [0.25, 0.3) is 100 Å². The number of nitrogens with zero attached hydrogens (tertiary/aromatic N) is 1. The number of hydrogen-bond acceptors (Lipinski definition) is 4. The largest absolute Gasteiger partial charge is 0.454 e. The SMILES string of the molecule is CCCc1ccccc1-c1cc(-c2cccc(C3=CCCC(C/C=C\c4oc5ccc(-c6cccc(-c7cccc(-c8ccc9oc%10cnccc%10c9c8)c7)c6)cc5c4N)=C3)c2)ccc1C. The highest BCUT2D eigenvalue weighted by Gasteiger charge is 2.15. The lowest BCUT2D eigenvalue weighted by molar-refractivity contribution is 0.605. The summed E-state index contributed by atoms with van der Waals surface area (Å²) in [7, 11) is 0. The van der Waals surface area contributed by atoms with Gasteiger partial charge in [-0.05, 0) is 171 Å². The van der Waals surface area contributed by atoms with E-state index in [1.54, 1.807) is 6.20 Å². The Balaban J connectivity index is 0.796. The van der Waals surface area contributed by atoms with Crippen LogP contribution in [0.5, 0.6) is 0 Å². The Morgan fingerprint density at radius 2 is 1.20 bits per heavy atom. The van der Waals surface area contributed by atoms with Gasteiger partial charge in [0, 0.05) is 22.4 Å². The van der Waals surface area contributed by atoms with E-state index in [0.29, 0.717) is 11.4 Å². The van der Waals surface area contributed by atoms with E-state index in [9.17, 15) is 0 Å². The fourth-order valence-electron chi connectivity index (χ4n) is 9.69. The van der Waals surface area contributed by atoms with Gasteiger partial charge >= 0.3 is 0 Å². The summed E-state index contributed by atoms with van der Waals surface area (Å²) in [5, 5.41) is 3.09. The van der Waals surface area contributed by atoms with Crippen molar-refractivity contribution in [3.05, 3.63) is 216 Å². The molecule has 1 aliphatic rings. The highest BCUT2D eigenvalue weighted by atomic mass is 16.3. The van der Waals surface area contributed by atoms with E-state index in [1.165, 1.54) is 50.1 Å². The number of aromatic nitrogens is 1. The van der Waals surface area contributed by atoms with Gasteiger partial charge in [0.2, 0.25) is 0 Å². The van der Waals surface area contributed by atoms with Gasteiger partial charge in [-0.25, -0.2) is 0 Å². The third-order valence-electron chi connectivity index (χ3n) is 13.2. The number of nitrogens with two attached hydrogens (primary N) is 1. The molecule has 0 fully saturated rings. The molecule has 0 saturated carbocycles. The molecule has 3 aromatic heterocycles. The number of hydrogen-bond donors (Lipinski definition) is 1. The Hall–Kier alpha value is -7.95. The normalized spacial score (nSPS) is 12.9. The molecule has 4 heteroatoms. The molecule has 7 aromatic carbocycles. The van der Waals surface area contributed by atoms with E-state index in [4.69, 9.17) is 14.6 Å². The lowest BCUT2D eigenvalue weighted by atomic mass is 9.89. The number of pyridine rings is 1. The number of aryl methyl sites for hydroxylation is 2. The molecule has 320 valence electrons. The molecule has 10 aromatic rings. The smallest absolute Gasteiger partial charge is 0.153 e. The topological polar surface area (TPSA) is 65.2 Å². The molecule has 4 nitrogen and oxygen atoms in total. The van der Waals surface area contributed by atoms with Crippen molar-refractivity contribution in [2.45, 2.75) is 46.0 Å². The van der Waals surface area contributed by atoms with Gasteiger partial charge in [-0.1, -0.05) is 140 Å². The van der Waals surface area contributed by atoms with E-state index in [0.717, 1.165) is 98.4 Å². The van der Waals surface area contributed by atoms with Crippen molar-refractivity contribution in [3.8, 4) is 55.6 Å². The molecular weight excluding hydrogens is 805 g/mol. The predicted octanol–water partition coefficient (Wildman–Crippen LogP) is 17.1. The molecule has 0 bridgehead atoms. The Morgan fingerprint density at radius 3 is 1.92 bits per heavy atom. The van der Waals surface area contributed by atoms with Crippen molar-refractivity contribution in [2.24, 2.45) is 0 Å². The van der Waals surface area contributed by atoms with Crippen molar-refractivity contribution in [1.82, 2.24) is 4.98 Å². The standard InChI is InChI=1S/C62H50N2O2/c1-3-11-42-14-4-5-22-53(42)55-36-50(25-24-40(55)2)47-19-8-16-44(33-47)43-15-6-12-41(32-43)13-7-23-60-62(63)57-38-52(27-29-59(57)65-60)49-21-10-18-46(35-49)45-17-9-20-48(34-45)51-26-28-58-56(37-51)54-30-31-64-39-61(54)66-58/h4-5,7-10,14-39H,3,6,11-13,63H2,1-2H3/b23-7-. The van der Waals surface area contributed by atoms with Crippen LogP contribution in [-0.4, -0.2) is 4.98 Å². The number of fused-ring (bicyclic) bond motifs is 4. The first-order chi connectivity index (χ1) is 32.5. The minimum atomic E-state index is 0.661. The van der Waals surface area contributed by atoms with Crippen LogP contribution in [0.4, 0.5) is 5.69 Å². The minimum Gasteiger partial charge on any atom is -0.454 e. The van der Waals surface area contributed by atoms with Crippen molar-refractivity contribution in [1.29, 1.82) is 0 Å². The Morgan fingerprint density at radius 1 is 0.576 bits per heavy atom. The van der Waals surface area contributed by atoms with Gasteiger partial charge in [0.1, 0.15) is 11.2 Å². The number of nitrogen functional groups attached to an aromatic ring is 1. The molecule has 0 atom stereocenters. The summed E-state index contributed by atoms with van der Waals surface area (Å²) in [4.78, 5) is 4.23. The van der Waals surface area contributed by atoms with E-state index in [2.05, 4.69) is 183 Å². The van der Waals surface area contributed by atoms with Gasteiger partial charge in [0.05, 0.1) is 11.9 Å². The summed E-state index contributed by atoms with van der Waals surface area (Å²) in [6, 6.07) is 56.9. The molecule has 0 saturated heterocycles. The van der Waals surface area contributed by atoms with Crippen molar-refractivity contribution < 1.29 is 8.83 Å². The van der Waals surface area contributed by atoms with Crippen molar-refractivity contribution >= 4 is 50.2 Å². The Kier molecular flexibility index (Phi) is 10.9. The zero-order chi connectivity index (χ0) is 44.6. The second-order valence-electron chi connectivity index (χ2n) is 17.6. The van der Waals surface area contributed by atoms with E-state index >= 15 is 0 Å². The molecule has 0 aliphatic heterocycles. The Labute approximate surface area is 386 Å². The summed E-state index contributed by atoms with van der Waals surface area (Å²) >= 11 is 0. The van der Waals surface area contributed by atoms with E-state index in [-0.39, 0.29) is 0 Å². The van der Waals surface area contributed by atoms with E-state index < -0.39 is 0 Å². The third-order valence-corrected chi connectivity index (χ3v) is 13.2. The van der Waals surface area contributed by atoms with Crippen LogP contribution in [0.3, 0.4) is 0 Å². The molecule has 0 amide bonds. The molecule has 66 heavy (non-hydrogen) atoms. The highest BCUT2D eigenvalue weighted by molar-refractivity contribution is 6.06. The molecule has 3 heterocycles. The quantitative estimate of drug-likeness (QED) is 0.141. The summed E-state index contributed by atoms with van der Waals surface area (Å²) in [5.74, 6) is 0.695. The molecule has 0 unspecified atom stereocenters. The molecule has 1 aliphatic carbocycles. The lowest BCUT2D eigenvalue weighted by Gasteiger charge is -2.16. The Bertz CT molecular complexity index is 3560. The first-order valence-corrected chi connectivity index (χ1v) is 23.1. The summed E-state index contributed by atoms with van der Waals surface area (Å²) in [6.45, 7) is 4.47. The zero-order valence-electron chi connectivity index (χ0n) is 37.4. The van der Waals surface area contributed by atoms with Crippen molar-refractivity contribution in [3.63, 3.8) is 0 Å². The molecule has 11 rings (SSSR count). The number of furan rings is 2. The minimum absolute atomic E-state index is 0.661. The van der Waals surface area contributed by atoms with Crippen LogP contribution in [0, 0.1) is 6.92 Å². The van der Waals surface area contributed by atoms with Crippen LogP contribution in [0.15, 0.2) is 203 Å². The monoisotopic (exact) mass is 854 g/mol. The number of benzene rings is 7. The second-order valence-corrected chi connectivity index (χ2v) is 17.6. The molecular formula is C62H50N2O2. The van der Waals surface area contributed by atoms with Gasteiger partial charge in [0.25, 0.3) is 0 Å². The fraction of sp³-hybridized carbons (Fsp3) is 0.113. The average Bonchev–Trinajstić information content (AvgIpc) is 3.90. The fourth-order valence-corrected chi connectivity index (χ4v) is 9.69. The van der Waals surface area contributed by atoms with E-state index in [1.807, 2.05) is 24.4 Å². The highest BCUT2D eigenvalue weighted by Crippen LogP contribution is 2.38. The third kappa shape index (κ3) is 7.96. The van der Waals surface area contributed by atoms with Crippen LogP contribution in [-0.2, 0) is 6.42 Å². The van der Waals surface area contributed by atoms with Crippen LogP contribution in [0.1, 0.15) is 55.1 Å². The van der Waals surface area contributed by atoms with Gasteiger partial charge in [-0.2, -0.15) is 0 Å². The van der Waals surface area contributed by atoms with Gasteiger partial charge in [0.15, 0.2) is 11.3 Å². The maximum atomic E-state index is 6.81. The predicted molar refractivity (Wildman–Crippen MR) is 277 cm³/mol. The van der Waals surface area contributed by atoms with Gasteiger partial charge in [-0.15, -0.1) is 0 Å². The van der Waals surface area contributed by atoms with Crippen LogP contribution >= 0.6 is 0 Å². The molecule has 0 spiro atoms. The average molecular weight is 855 g/mol. The first-order valence-electron chi connectivity index (χ1n) is 23.1. The number of anilines is 1. The second kappa shape index (κ2) is 17.6. The van der Waals surface area contributed by atoms with Gasteiger partial charge < -0.3 is 14.6 Å². The summed E-state index contributed by atoms with van der Waals surface area (Å²) < 4.78 is 12.4.